The van der Waals surface area contributed by atoms with Crippen molar-refractivity contribution in [3.05, 3.63) is 58.6 Å². The zero-order chi connectivity index (χ0) is 19.6. The molecular weight excluding hydrogens is 363 g/mol. The lowest BCUT2D eigenvalue weighted by Crippen LogP contribution is -2.32. The van der Waals surface area contributed by atoms with Gasteiger partial charge in [0.25, 0.3) is 0 Å². The summed E-state index contributed by atoms with van der Waals surface area (Å²) in [5, 5.41) is 2.80. The third kappa shape index (κ3) is 4.20. The quantitative estimate of drug-likeness (QED) is 0.644. The Balaban J connectivity index is 1.89. The third-order valence-corrected chi connectivity index (χ3v) is 4.02. The van der Waals surface area contributed by atoms with E-state index in [4.69, 9.17) is 10.2 Å². The Morgan fingerprint density at radius 3 is 2.41 bits per heavy atom. The number of halogens is 3. The highest BCUT2D eigenvalue weighted by molar-refractivity contribution is 5.80. The zero-order valence-electron chi connectivity index (χ0n) is 14.0. The second-order valence-electron chi connectivity index (χ2n) is 5.92. The van der Waals surface area contributed by atoms with E-state index in [1.54, 1.807) is 18.2 Å². The van der Waals surface area contributed by atoms with Crippen molar-refractivity contribution in [3.8, 4) is 11.1 Å². The Kier molecular flexibility index (Phi) is 5.04. The third-order valence-electron chi connectivity index (χ3n) is 4.02. The first-order valence-electron chi connectivity index (χ1n) is 8.06. The molecule has 1 amide bonds. The highest BCUT2D eigenvalue weighted by Gasteiger charge is 2.30. The number of hydrogen-bond donors (Lipinski definition) is 2. The van der Waals surface area contributed by atoms with Crippen molar-refractivity contribution in [3.63, 3.8) is 0 Å². The molecular formula is C18H16F3N3O3. The van der Waals surface area contributed by atoms with E-state index in [0.717, 1.165) is 12.1 Å². The van der Waals surface area contributed by atoms with Gasteiger partial charge in [0.2, 0.25) is 5.91 Å². The second kappa shape index (κ2) is 7.28. The fraction of sp³-hybridized carbons (Fsp3) is 0.222. The topological polar surface area (TPSA) is 90.3 Å². The van der Waals surface area contributed by atoms with Crippen LogP contribution < -0.4 is 16.8 Å². The fourth-order valence-electron chi connectivity index (χ4n) is 2.71. The van der Waals surface area contributed by atoms with Crippen LogP contribution in [0.3, 0.4) is 0 Å². The van der Waals surface area contributed by atoms with Gasteiger partial charge in [-0.1, -0.05) is 18.2 Å². The first kappa shape index (κ1) is 18.7. The molecule has 0 spiro atoms. The number of hydrogen-bond acceptors (Lipinski definition) is 4. The van der Waals surface area contributed by atoms with Gasteiger partial charge in [-0.05, 0) is 35.4 Å². The maximum atomic E-state index is 12.7. The number of nitrogens with zero attached hydrogens (tertiary/aromatic N) is 1. The van der Waals surface area contributed by atoms with E-state index < -0.39 is 23.4 Å². The first-order chi connectivity index (χ1) is 12.8. The number of nitrogens with two attached hydrogens (primary N) is 1. The molecule has 27 heavy (non-hydrogen) atoms. The standard InChI is InChI=1S/C18H16F3N3O3/c19-18(20,21)13-4-1-11(2-5-13)12-3-6-15-14(9-12)24(17(26)27-15)8-7-23-10-16(22)25/h1-6,9,23H,7-8,10H2,(H2,22,25). The van der Waals surface area contributed by atoms with Crippen LogP contribution in [0, 0.1) is 0 Å². The molecule has 3 aromatic rings. The molecule has 0 aliphatic heterocycles. The molecule has 0 unspecified atom stereocenters. The Morgan fingerprint density at radius 1 is 1.11 bits per heavy atom. The molecule has 3 N–H and O–H groups in total. The van der Waals surface area contributed by atoms with Crippen molar-refractivity contribution in [1.29, 1.82) is 0 Å². The van der Waals surface area contributed by atoms with E-state index in [1.807, 2.05) is 0 Å². The number of amides is 1. The number of nitrogens with one attached hydrogen (secondary N) is 1. The van der Waals surface area contributed by atoms with Gasteiger partial charge in [-0.2, -0.15) is 13.2 Å². The molecule has 6 nitrogen and oxygen atoms in total. The van der Waals surface area contributed by atoms with E-state index in [2.05, 4.69) is 5.32 Å². The second-order valence-corrected chi connectivity index (χ2v) is 5.92. The average molecular weight is 379 g/mol. The van der Waals surface area contributed by atoms with Crippen LogP contribution >= 0.6 is 0 Å². The molecule has 0 saturated heterocycles. The highest BCUT2D eigenvalue weighted by atomic mass is 19.4. The number of benzene rings is 2. The van der Waals surface area contributed by atoms with E-state index in [-0.39, 0.29) is 13.1 Å². The molecule has 0 aliphatic carbocycles. The van der Waals surface area contributed by atoms with Crippen molar-refractivity contribution < 1.29 is 22.4 Å². The molecule has 0 atom stereocenters. The molecule has 0 fully saturated rings. The van der Waals surface area contributed by atoms with Gasteiger partial charge in [-0.3, -0.25) is 9.36 Å². The van der Waals surface area contributed by atoms with Crippen LogP contribution in [0.5, 0.6) is 0 Å². The largest absolute Gasteiger partial charge is 0.419 e. The number of rotatable bonds is 6. The van der Waals surface area contributed by atoms with Gasteiger partial charge in [0, 0.05) is 13.1 Å². The monoisotopic (exact) mass is 379 g/mol. The van der Waals surface area contributed by atoms with E-state index in [1.165, 1.54) is 16.7 Å². The van der Waals surface area contributed by atoms with Crippen LogP contribution in [0.15, 0.2) is 51.7 Å². The molecule has 0 bridgehead atoms. The van der Waals surface area contributed by atoms with E-state index in [9.17, 15) is 22.8 Å². The summed E-state index contributed by atoms with van der Waals surface area (Å²) in [5.74, 6) is -1.07. The Labute approximate surface area is 151 Å². The van der Waals surface area contributed by atoms with Gasteiger partial charge >= 0.3 is 11.9 Å². The van der Waals surface area contributed by atoms with Crippen LogP contribution in [0.2, 0.25) is 0 Å². The fourth-order valence-corrected chi connectivity index (χ4v) is 2.71. The van der Waals surface area contributed by atoms with Crippen molar-refractivity contribution in [2.24, 2.45) is 5.73 Å². The van der Waals surface area contributed by atoms with Crippen molar-refractivity contribution in [1.82, 2.24) is 9.88 Å². The molecule has 0 saturated carbocycles. The number of oxazole rings is 1. The molecule has 142 valence electrons. The lowest BCUT2D eigenvalue weighted by atomic mass is 10.0. The SMILES string of the molecule is NC(=O)CNCCn1c(=O)oc2ccc(-c3ccc(C(F)(F)F)cc3)cc21. The molecule has 3 rings (SSSR count). The summed E-state index contributed by atoms with van der Waals surface area (Å²) in [6.07, 6.45) is -4.40. The van der Waals surface area contributed by atoms with Gasteiger partial charge in [0.15, 0.2) is 5.58 Å². The summed E-state index contributed by atoms with van der Waals surface area (Å²) in [6, 6.07) is 9.71. The van der Waals surface area contributed by atoms with Crippen molar-refractivity contribution >= 4 is 17.0 Å². The number of carbonyl (C=O) groups excluding carboxylic acids is 1. The molecule has 9 heteroatoms. The van der Waals surface area contributed by atoms with Crippen LogP contribution in [0.4, 0.5) is 13.2 Å². The summed E-state index contributed by atoms with van der Waals surface area (Å²) in [6.45, 7) is 0.554. The summed E-state index contributed by atoms with van der Waals surface area (Å²) in [5.41, 5.74) is 6.41. The summed E-state index contributed by atoms with van der Waals surface area (Å²) in [7, 11) is 0. The summed E-state index contributed by atoms with van der Waals surface area (Å²) in [4.78, 5) is 22.8. The lowest BCUT2D eigenvalue weighted by molar-refractivity contribution is -0.137. The molecule has 1 heterocycles. The van der Waals surface area contributed by atoms with Crippen LogP contribution in [0.25, 0.3) is 22.2 Å². The minimum Gasteiger partial charge on any atom is -0.408 e. The van der Waals surface area contributed by atoms with Crippen molar-refractivity contribution in [2.45, 2.75) is 12.7 Å². The minimum absolute atomic E-state index is 0.0126. The summed E-state index contributed by atoms with van der Waals surface area (Å²) >= 11 is 0. The van der Waals surface area contributed by atoms with Crippen LogP contribution in [-0.2, 0) is 17.5 Å². The van der Waals surface area contributed by atoms with Gasteiger partial charge < -0.3 is 15.5 Å². The molecule has 0 radical (unpaired) electrons. The number of fused-ring (bicyclic) bond motifs is 1. The number of aromatic nitrogens is 1. The van der Waals surface area contributed by atoms with Crippen LogP contribution in [0.1, 0.15) is 5.56 Å². The summed E-state index contributed by atoms with van der Waals surface area (Å²) < 4.78 is 44.7. The normalized spacial score (nSPS) is 11.8. The van der Waals surface area contributed by atoms with Gasteiger partial charge in [0.05, 0.1) is 17.6 Å². The zero-order valence-corrected chi connectivity index (χ0v) is 14.0. The van der Waals surface area contributed by atoms with Gasteiger partial charge in [0.1, 0.15) is 0 Å². The minimum atomic E-state index is -4.40. The van der Waals surface area contributed by atoms with E-state index >= 15 is 0 Å². The smallest absolute Gasteiger partial charge is 0.408 e. The van der Waals surface area contributed by atoms with Gasteiger partial charge in [-0.15, -0.1) is 0 Å². The predicted molar refractivity (Wildman–Crippen MR) is 93.0 cm³/mol. The maximum absolute atomic E-state index is 12.7. The Morgan fingerprint density at radius 2 is 1.78 bits per heavy atom. The molecule has 0 aliphatic rings. The molecule has 2 aromatic carbocycles. The Hall–Kier alpha value is -3.07. The van der Waals surface area contributed by atoms with E-state index in [0.29, 0.717) is 28.8 Å². The average Bonchev–Trinajstić information content (AvgIpc) is 2.92. The molecule has 1 aromatic heterocycles. The first-order valence-corrected chi connectivity index (χ1v) is 8.06. The number of alkyl halides is 3. The maximum Gasteiger partial charge on any atom is 0.419 e. The lowest BCUT2D eigenvalue weighted by Gasteiger charge is -2.08. The predicted octanol–water partition coefficient (Wildman–Crippen LogP) is 2.36. The van der Waals surface area contributed by atoms with Gasteiger partial charge in [-0.25, -0.2) is 4.79 Å². The highest BCUT2D eigenvalue weighted by Crippen LogP contribution is 2.31. The van der Waals surface area contributed by atoms with Crippen molar-refractivity contribution in [2.75, 3.05) is 13.1 Å². The number of carbonyl (C=O) groups is 1. The Bertz CT molecular complexity index is 1020. The number of primary amides is 1. The van der Waals surface area contributed by atoms with Crippen LogP contribution in [-0.4, -0.2) is 23.6 Å².